The molecule has 0 saturated heterocycles. The van der Waals surface area contributed by atoms with Crippen molar-refractivity contribution in [2.24, 2.45) is 0 Å². The van der Waals surface area contributed by atoms with Crippen LogP contribution in [0.4, 0.5) is 0 Å². The second-order valence-corrected chi connectivity index (χ2v) is 16.4. The molecule has 0 amide bonds. The summed E-state index contributed by atoms with van der Waals surface area (Å²) < 4.78 is 11.5. The Bertz CT molecular complexity index is 3470. The van der Waals surface area contributed by atoms with E-state index in [0.29, 0.717) is 17.5 Å². The van der Waals surface area contributed by atoms with Gasteiger partial charge in [-0.1, -0.05) is 133 Å². The lowest BCUT2D eigenvalue weighted by Crippen LogP contribution is -2.00. The summed E-state index contributed by atoms with van der Waals surface area (Å²) in [6.07, 6.45) is 0. The molecule has 266 valence electrons. The fourth-order valence-electron chi connectivity index (χ4n) is 8.24. The maximum absolute atomic E-state index is 6.61. The largest absolute Gasteiger partial charge is 0.455 e. The first-order valence-electron chi connectivity index (χ1n) is 18.9. The van der Waals surface area contributed by atoms with Crippen molar-refractivity contribution in [2.45, 2.75) is 0 Å². The zero-order chi connectivity index (χ0) is 37.5. The molecule has 0 unspecified atom stereocenters. The minimum atomic E-state index is 0.658. The van der Waals surface area contributed by atoms with E-state index in [1.165, 1.54) is 52.3 Å². The van der Waals surface area contributed by atoms with Crippen LogP contribution in [0.25, 0.3) is 119 Å². The summed E-state index contributed by atoms with van der Waals surface area (Å²) in [5.74, 6) is 1.98. The van der Waals surface area contributed by atoms with E-state index in [9.17, 15) is 0 Å². The molecule has 4 heterocycles. The summed E-state index contributed by atoms with van der Waals surface area (Å²) >= 11 is 3.64. The number of nitrogens with zero attached hydrogens (tertiary/aromatic N) is 3. The van der Waals surface area contributed by atoms with Crippen molar-refractivity contribution in [1.29, 1.82) is 0 Å². The number of hydrogen-bond donors (Lipinski definition) is 0. The van der Waals surface area contributed by atoms with Gasteiger partial charge in [0, 0.05) is 78.9 Å². The number of fused-ring (bicyclic) bond motifs is 9. The lowest BCUT2D eigenvalue weighted by Gasteiger charge is -2.10. The monoisotopic (exact) mass is 763 g/mol. The van der Waals surface area contributed by atoms with Crippen molar-refractivity contribution in [2.75, 3.05) is 0 Å². The third kappa shape index (κ3) is 5.22. The average molecular weight is 764 g/mol. The predicted molar refractivity (Wildman–Crippen MR) is 240 cm³/mol. The lowest BCUT2D eigenvalue weighted by atomic mass is 9.94. The highest BCUT2D eigenvalue weighted by molar-refractivity contribution is 7.26. The van der Waals surface area contributed by atoms with Crippen molar-refractivity contribution < 1.29 is 4.42 Å². The summed E-state index contributed by atoms with van der Waals surface area (Å²) in [6, 6.07) is 62.0. The van der Waals surface area contributed by atoms with Gasteiger partial charge >= 0.3 is 0 Å². The molecule has 4 nitrogen and oxygen atoms in total. The second kappa shape index (κ2) is 12.8. The zero-order valence-corrected chi connectivity index (χ0v) is 31.9. The molecule has 4 aromatic heterocycles. The molecule has 0 aliphatic rings. The standard InChI is InChI=1S/C51H29N3OS2/c1-3-13-30(14-4-1)49-52-50(31-15-5-2-6-16-31)54-51(53-49)39-22-12-21-38-40-27-32(25-26-45(40)57-47(38)39)33-28-41-35-18-8-10-24-44(35)56-48(41)42(29-33)37-20-11-19-36-34-17-7-9-23-43(34)55-46(36)37/h1-29H. The van der Waals surface area contributed by atoms with Gasteiger partial charge < -0.3 is 4.42 Å². The molecule has 0 aliphatic carbocycles. The Kier molecular flexibility index (Phi) is 7.24. The van der Waals surface area contributed by atoms with Crippen LogP contribution in [0.1, 0.15) is 0 Å². The number of furan rings is 1. The van der Waals surface area contributed by atoms with Gasteiger partial charge in [-0.3, -0.25) is 0 Å². The fraction of sp³-hybridized carbons (Fsp3) is 0. The first kappa shape index (κ1) is 32.3. The normalized spacial score (nSPS) is 11.9. The Morgan fingerprint density at radius 3 is 1.68 bits per heavy atom. The number of hydrogen-bond acceptors (Lipinski definition) is 6. The molecule has 0 radical (unpaired) electrons. The molecular formula is C51H29N3OS2. The Hall–Kier alpha value is -6.99. The van der Waals surface area contributed by atoms with Gasteiger partial charge in [0.25, 0.3) is 0 Å². The molecule has 0 aliphatic heterocycles. The molecule has 0 bridgehead atoms. The Balaban J connectivity index is 1.05. The highest BCUT2D eigenvalue weighted by Gasteiger charge is 2.20. The number of benzene rings is 8. The van der Waals surface area contributed by atoms with E-state index in [2.05, 4.69) is 109 Å². The van der Waals surface area contributed by atoms with Crippen LogP contribution < -0.4 is 0 Å². The molecule has 57 heavy (non-hydrogen) atoms. The van der Waals surface area contributed by atoms with Gasteiger partial charge in [0.1, 0.15) is 11.2 Å². The number of para-hydroxylation sites is 2. The minimum absolute atomic E-state index is 0.658. The van der Waals surface area contributed by atoms with Gasteiger partial charge in [0.2, 0.25) is 0 Å². The third-order valence-electron chi connectivity index (χ3n) is 10.9. The summed E-state index contributed by atoms with van der Waals surface area (Å²) in [6.45, 7) is 0. The van der Waals surface area contributed by atoms with E-state index in [-0.39, 0.29) is 0 Å². The molecular weight excluding hydrogens is 735 g/mol. The van der Waals surface area contributed by atoms with Gasteiger partial charge in [0.15, 0.2) is 17.5 Å². The van der Waals surface area contributed by atoms with E-state index in [0.717, 1.165) is 48.9 Å². The SMILES string of the molecule is c1ccc(-c2nc(-c3ccccc3)nc(-c3cccc4c3sc3ccc(-c5cc(-c6cccc7c6oc6ccccc67)c6sc7ccccc7c6c5)cc34)n2)cc1. The zero-order valence-electron chi connectivity index (χ0n) is 30.3. The minimum Gasteiger partial charge on any atom is -0.455 e. The first-order valence-corrected chi connectivity index (χ1v) is 20.6. The van der Waals surface area contributed by atoms with Crippen LogP contribution in [0.5, 0.6) is 0 Å². The Morgan fingerprint density at radius 1 is 0.333 bits per heavy atom. The summed E-state index contributed by atoms with van der Waals surface area (Å²) in [5, 5.41) is 7.20. The molecule has 0 saturated carbocycles. The van der Waals surface area contributed by atoms with Gasteiger partial charge in [-0.15, -0.1) is 22.7 Å². The smallest absolute Gasteiger partial charge is 0.165 e. The van der Waals surface area contributed by atoms with Crippen LogP contribution in [0.2, 0.25) is 0 Å². The molecule has 8 aromatic carbocycles. The van der Waals surface area contributed by atoms with E-state index in [1.807, 2.05) is 78.1 Å². The number of thiophene rings is 2. The fourth-order valence-corrected chi connectivity index (χ4v) is 10.6. The quantitative estimate of drug-likeness (QED) is 0.175. The van der Waals surface area contributed by atoms with Crippen molar-refractivity contribution in [1.82, 2.24) is 15.0 Å². The van der Waals surface area contributed by atoms with E-state index in [4.69, 9.17) is 19.4 Å². The number of rotatable bonds is 5. The average Bonchev–Trinajstić information content (AvgIpc) is 3.98. The predicted octanol–water partition coefficient (Wildman–Crippen LogP) is 14.8. The molecule has 6 heteroatoms. The van der Waals surface area contributed by atoms with Crippen LogP contribution >= 0.6 is 22.7 Å². The van der Waals surface area contributed by atoms with Gasteiger partial charge in [-0.05, 0) is 53.6 Å². The van der Waals surface area contributed by atoms with E-state index < -0.39 is 0 Å². The maximum Gasteiger partial charge on any atom is 0.165 e. The van der Waals surface area contributed by atoms with Crippen molar-refractivity contribution >= 4 is 85.0 Å². The molecule has 12 aromatic rings. The molecule has 0 spiro atoms. The van der Waals surface area contributed by atoms with E-state index >= 15 is 0 Å². The van der Waals surface area contributed by atoms with Crippen molar-refractivity contribution in [3.63, 3.8) is 0 Å². The molecule has 0 fully saturated rings. The Morgan fingerprint density at radius 2 is 0.912 bits per heavy atom. The molecule has 0 N–H and O–H groups in total. The van der Waals surface area contributed by atoms with Crippen LogP contribution in [-0.2, 0) is 0 Å². The highest BCUT2D eigenvalue weighted by atomic mass is 32.1. The molecule has 12 rings (SSSR count). The van der Waals surface area contributed by atoms with E-state index in [1.54, 1.807) is 11.3 Å². The van der Waals surface area contributed by atoms with Gasteiger partial charge in [-0.25, -0.2) is 15.0 Å². The van der Waals surface area contributed by atoms with Crippen LogP contribution in [0.3, 0.4) is 0 Å². The van der Waals surface area contributed by atoms with Crippen LogP contribution in [-0.4, -0.2) is 15.0 Å². The van der Waals surface area contributed by atoms with Crippen LogP contribution in [0, 0.1) is 0 Å². The lowest BCUT2D eigenvalue weighted by molar-refractivity contribution is 0.670. The summed E-state index contributed by atoms with van der Waals surface area (Å²) in [7, 11) is 0. The number of aromatic nitrogens is 3. The van der Waals surface area contributed by atoms with Crippen molar-refractivity contribution in [3.05, 3.63) is 176 Å². The second-order valence-electron chi connectivity index (χ2n) is 14.3. The Labute approximate surface area is 335 Å². The third-order valence-corrected chi connectivity index (χ3v) is 13.4. The summed E-state index contributed by atoms with van der Waals surface area (Å²) in [4.78, 5) is 15.1. The summed E-state index contributed by atoms with van der Waals surface area (Å²) in [5.41, 5.74) is 9.37. The van der Waals surface area contributed by atoms with Crippen LogP contribution in [0.15, 0.2) is 180 Å². The van der Waals surface area contributed by atoms with Gasteiger partial charge in [0.05, 0.1) is 0 Å². The first-order chi connectivity index (χ1) is 28.2. The maximum atomic E-state index is 6.61. The van der Waals surface area contributed by atoms with Gasteiger partial charge in [-0.2, -0.15) is 0 Å². The highest BCUT2D eigenvalue weighted by Crippen LogP contribution is 2.47. The van der Waals surface area contributed by atoms with Crippen molar-refractivity contribution in [3.8, 4) is 56.4 Å². The topological polar surface area (TPSA) is 51.8 Å². The molecule has 0 atom stereocenters.